The molecule has 1 aromatic rings. The lowest BCUT2D eigenvalue weighted by molar-refractivity contribution is -0.138. The topological polar surface area (TPSA) is 17.1 Å². The van der Waals surface area contributed by atoms with Crippen molar-refractivity contribution in [3.05, 3.63) is 33.8 Å². The first-order valence-electron chi connectivity index (χ1n) is 4.24. The van der Waals surface area contributed by atoms with Crippen molar-refractivity contribution in [2.24, 2.45) is 0 Å². The summed E-state index contributed by atoms with van der Waals surface area (Å²) in [6.07, 6.45) is -4.46. The van der Waals surface area contributed by atoms with E-state index >= 15 is 0 Å². The molecular weight excluding hydrogens is 353 g/mol. The van der Waals surface area contributed by atoms with Crippen LogP contribution in [0.1, 0.15) is 22.9 Å². The number of alkyl halides is 4. The maximum absolute atomic E-state index is 12.7. The summed E-state index contributed by atoms with van der Waals surface area (Å²) >= 11 is 6.04. The minimum absolute atomic E-state index is 0.0747. The number of Topliss-reactive ketones (excluding diaryl/α,β-unsaturated/α-hetero) is 1. The second-order valence-corrected chi connectivity index (χ2v) is 5.03. The van der Waals surface area contributed by atoms with Crippen molar-refractivity contribution in [3.63, 3.8) is 0 Å². The van der Waals surface area contributed by atoms with Crippen molar-refractivity contribution < 1.29 is 18.0 Å². The van der Waals surface area contributed by atoms with Gasteiger partial charge >= 0.3 is 6.18 Å². The molecule has 0 heterocycles. The van der Waals surface area contributed by atoms with Gasteiger partial charge in [0.05, 0.1) is 10.4 Å². The van der Waals surface area contributed by atoms with Crippen LogP contribution in [0.15, 0.2) is 22.7 Å². The third kappa shape index (κ3) is 3.07. The van der Waals surface area contributed by atoms with Crippen LogP contribution in [-0.2, 0) is 11.0 Å². The molecule has 1 rings (SSSR count). The van der Waals surface area contributed by atoms with Crippen molar-refractivity contribution in [3.8, 4) is 0 Å². The third-order valence-electron chi connectivity index (χ3n) is 1.95. The highest BCUT2D eigenvalue weighted by Gasteiger charge is 2.35. The lowest BCUT2D eigenvalue weighted by atomic mass is 10.0. The molecule has 0 aromatic heterocycles. The van der Waals surface area contributed by atoms with Gasteiger partial charge in [0.1, 0.15) is 5.78 Å². The van der Waals surface area contributed by atoms with E-state index in [-0.39, 0.29) is 11.3 Å². The number of carbonyl (C=O) groups is 1. The standard InChI is InChI=1S/C10H7Br2F3O/c1-5(16)9(12)7-4-6(11)2-3-8(7)10(13,14)15/h2-4,9H,1H3. The molecule has 0 aliphatic carbocycles. The lowest BCUT2D eigenvalue weighted by Crippen LogP contribution is -2.13. The molecule has 0 aliphatic rings. The zero-order chi connectivity index (χ0) is 12.5. The fraction of sp³-hybridized carbons (Fsp3) is 0.300. The second-order valence-electron chi connectivity index (χ2n) is 3.20. The normalized spacial score (nSPS) is 13.6. The van der Waals surface area contributed by atoms with Crippen LogP contribution in [0.2, 0.25) is 0 Å². The Labute approximate surface area is 107 Å². The molecule has 0 saturated carbocycles. The van der Waals surface area contributed by atoms with Gasteiger partial charge in [-0.1, -0.05) is 31.9 Å². The molecule has 1 aromatic carbocycles. The van der Waals surface area contributed by atoms with E-state index in [0.717, 1.165) is 6.07 Å². The minimum atomic E-state index is -4.46. The summed E-state index contributed by atoms with van der Waals surface area (Å²) in [5, 5.41) is 0. The molecule has 1 atom stereocenters. The molecule has 1 nitrogen and oxygen atoms in total. The molecule has 0 spiro atoms. The summed E-state index contributed by atoms with van der Waals surface area (Å²) in [6, 6.07) is 3.55. The fourth-order valence-corrected chi connectivity index (χ4v) is 1.98. The van der Waals surface area contributed by atoms with Crippen LogP contribution < -0.4 is 0 Å². The van der Waals surface area contributed by atoms with Gasteiger partial charge in [-0.3, -0.25) is 4.79 Å². The molecule has 1 unspecified atom stereocenters. The average molecular weight is 360 g/mol. The van der Waals surface area contributed by atoms with E-state index < -0.39 is 16.6 Å². The number of hydrogen-bond acceptors (Lipinski definition) is 1. The van der Waals surface area contributed by atoms with Gasteiger partial charge in [-0.15, -0.1) is 0 Å². The van der Waals surface area contributed by atoms with Crippen LogP contribution in [-0.4, -0.2) is 5.78 Å². The smallest absolute Gasteiger partial charge is 0.298 e. The zero-order valence-electron chi connectivity index (χ0n) is 8.11. The maximum Gasteiger partial charge on any atom is 0.416 e. The summed E-state index contributed by atoms with van der Waals surface area (Å²) in [6.45, 7) is 1.24. The molecule has 0 radical (unpaired) electrons. The Balaban J connectivity index is 3.35. The molecule has 0 saturated heterocycles. The predicted molar refractivity (Wildman–Crippen MR) is 61.5 cm³/mol. The molecule has 0 fully saturated rings. The lowest BCUT2D eigenvalue weighted by Gasteiger charge is -2.15. The molecule has 0 aliphatic heterocycles. The number of rotatable bonds is 2. The Bertz CT molecular complexity index is 415. The van der Waals surface area contributed by atoms with E-state index in [1.807, 2.05) is 0 Å². The molecule has 88 valence electrons. The minimum Gasteiger partial charge on any atom is -0.298 e. The van der Waals surface area contributed by atoms with Gasteiger partial charge in [0.25, 0.3) is 0 Å². The Kier molecular flexibility index (Phi) is 4.17. The van der Waals surface area contributed by atoms with Crippen LogP contribution in [0.4, 0.5) is 13.2 Å². The molecule has 0 amide bonds. The van der Waals surface area contributed by atoms with E-state index in [1.54, 1.807) is 0 Å². The number of hydrogen-bond donors (Lipinski definition) is 0. The molecule has 6 heteroatoms. The predicted octanol–water partition coefficient (Wildman–Crippen LogP) is 4.49. The molecule has 16 heavy (non-hydrogen) atoms. The summed E-state index contributed by atoms with van der Waals surface area (Å²) in [4.78, 5) is 10.2. The third-order valence-corrected chi connectivity index (χ3v) is 3.58. The first-order valence-corrected chi connectivity index (χ1v) is 5.95. The Morgan fingerprint density at radius 3 is 2.38 bits per heavy atom. The van der Waals surface area contributed by atoms with Gasteiger partial charge in [0.15, 0.2) is 0 Å². The first-order chi connectivity index (χ1) is 7.23. The van der Waals surface area contributed by atoms with Crippen LogP contribution in [0.3, 0.4) is 0 Å². The van der Waals surface area contributed by atoms with Crippen molar-refractivity contribution in [1.29, 1.82) is 0 Å². The van der Waals surface area contributed by atoms with E-state index in [2.05, 4.69) is 31.9 Å². The van der Waals surface area contributed by atoms with Crippen LogP contribution in [0.5, 0.6) is 0 Å². The average Bonchev–Trinajstić information content (AvgIpc) is 2.14. The monoisotopic (exact) mass is 358 g/mol. The summed E-state index contributed by atoms with van der Waals surface area (Å²) in [5.41, 5.74) is -0.873. The van der Waals surface area contributed by atoms with Crippen molar-refractivity contribution in [2.45, 2.75) is 17.9 Å². The highest BCUT2D eigenvalue weighted by atomic mass is 79.9. The van der Waals surface area contributed by atoms with Crippen LogP contribution >= 0.6 is 31.9 Å². The Morgan fingerprint density at radius 1 is 1.38 bits per heavy atom. The van der Waals surface area contributed by atoms with E-state index in [9.17, 15) is 18.0 Å². The zero-order valence-corrected chi connectivity index (χ0v) is 11.3. The Morgan fingerprint density at radius 2 is 1.94 bits per heavy atom. The largest absolute Gasteiger partial charge is 0.416 e. The van der Waals surface area contributed by atoms with Gasteiger partial charge in [-0.05, 0) is 30.7 Å². The Hall–Kier alpha value is -0.360. The number of carbonyl (C=O) groups excluding carboxylic acids is 1. The van der Waals surface area contributed by atoms with E-state index in [4.69, 9.17) is 0 Å². The molecular formula is C10H7Br2F3O. The molecule has 0 N–H and O–H groups in total. The van der Waals surface area contributed by atoms with Gasteiger partial charge in [-0.25, -0.2) is 0 Å². The highest BCUT2D eigenvalue weighted by Crippen LogP contribution is 2.38. The summed E-state index contributed by atoms with van der Waals surface area (Å²) < 4.78 is 38.5. The quantitative estimate of drug-likeness (QED) is 0.711. The number of halogens is 5. The molecule has 0 bridgehead atoms. The van der Waals surface area contributed by atoms with E-state index in [1.165, 1.54) is 19.1 Å². The van der Waals surface area contributed by atoms with Crippen molar-refractivity contribution >= 4 is 37.6 Å². The van der Waals surface area contributed by atoms with Gasteiger partial charge in [0.2, 0.25) is 0 Å². The highest BCUT2D eigenvalue weighted by molar-refractivity contribution is 9.10. The van der Waals surface area contributed by atoms with E-state index in [0.29, 0.717) is 4.47 Å². The SMILES string of the molecule is CC(=O)C(Br)c1cc(Br)ccc1C(F)(F)F. The van der Waals surface area contributed by atoms with Gasteiger partial charge < -0.3 is 0 Å². The number of benzene rings is 1. The maximum atomic E-state index is 12.7. The summed E-state index contributed by atoms with van der Waals surface area (Å²) in [5.74, 6) is -0.372. The van der Waals surface area contributed by atoms with Gasteiger partial charge in [-0.2, -0.15) is 13.2 Å². The van der Waals surface area contributed by atoms with Gasteiger partial charge in [0, 0.05) is 4.47 Å². The fourth-order valence-electron chi connectivity index (χ4n) is 1.22. The van der Waals surface area contributed by atoms with Crippen LogP contribution in [0, 0.1) is 0 Å². The summed E-state index contributed by atoms with van der Waals surface area (Å²) in [7, 11) is 0. The van der Waals surface area contributed by atoms with Crippen molar-refractivity contribution in [1.82, 2.24) is 0 Å². The first kappa shape index (κ1) is 13.7. The number of ketones is 1. The van der Waals surface area contributed by atoms with Crippen molar-refractivity contribution in [2.75, 3.05) is 0 Å². The van der Waals surface area contributed by atoms with Crippen LogP contribution in [0.25, 0.3) is 0 Å². The second kappa shape index (κ2) is 4.87.